The molecule has 0 spiro atoms. The molecule has 5 nitrogen and oxygen atoms in total. The molecule has 1 amide bonds. The van der Waals surface area contributed by atoms with Crippen LogP contribution >= 0.6 is 0 Å². The molecular weight excluding hydrogens is 194 g/mol. The summed E-state index contributed by atoms with van der Waals surface area (Å²) in [7, 11) is 1.52. The lowest BCUT2D eigenvalue weighted by atomic mass is 10.2. The van der Waals surface area contributed by atoms with Gasteiger partial charge in [0.1, 0.15) is 0 Å². The highest BCUT2D eigenvalue weighted by molar-refractivity contribution is 5.72. The Morgan fingerprint density at radius 1 is 1.47 bits per heavy atom. The molecule has 0 aromatic heterocycles. The van der Waals surface area contributed by atoms with Crippen molar-refractivity contribution in [2.75, 3.05) is 7.05 Å². The summed E-state index contributed by atoms with van der Waals surface area (Å²) in [4.78, 5) is 10.8. The van der Waals surface area contributed by atoms with Crippen LogP contribution in [0, 0.1) is 0 Å². The molecule has 0 atom stereocenters. The van der Waals surface area contributed by atoms with Gasteiger partial charge in [0, 0.05) is 19.5 Å². The normalized spacial score (nSPS) is 10.6. The number of carbonyl (C=O) groups excluding carboxylic acids is 1. The molecule has 0 saturated heterocycles. The Balaban J connectivity index is 2.84. The lowest BCUT2D eigenvalue weighted by molar-refractivity contribution is -0.127. The molecule has 0 aliphatic carbocycles. The second-order valence-corrected chi connectivity index (χ2v) is 3.02. The average Bonchev–Trinajstić information content (AvgIpc) is 2.26. The molecule has 15 heavy (non-hydrogen) atoms. The molecule has 0 radical (unpaired) electrons. The van der Waals surface area contributed by atoms with Gasteiger partial charge in [-0.2, -0.15) is 0 Å². The number of hydrogen-bond donors (Lipinski definition) is 1. The summed E-state index contributed by atoms with van der Waals surface area (Å²) >= 11 is 0. The Morgan fingerprint density at radius 2 is 2.13 bits per heavy atom. The predicted molar refractivity (Wildman–Crippen MR) is 55.3 cm³/mol. The van der Waals surface area contributed by atoms with Gasteiger partial charge < -0.3 is 5.11 Å². The quantitative estimate of drug-likeness (QED) is 0.605. The average molecular weight is 207 g/mol. The smallest absolute Gasteiger partial charge is 0.240 e. The van der Waals surface area contributed by atoms with Crippen molar-refractivity contribution in [1.82, 2.24) is 5.01 Å². The maximum atomic E-state index is 10.8. The predicted octanol–water partition coefficient (Wildman–Crippen LogP) is 1.66. The zero-order valence-corrected chi connectivity index (χ0v) is 8.71. The first-order valence-electron chi connectivity index (χ1n) is 4.50. The van der Waals surface area contributed by atoms with Crippen LogP contribution in [-0.4, -0.2) is 23.1 Å². The van der Waals surface area contributed by atoms with Gasteiger partial charge >= 0.3 is 0 Å². The summed E-state index contributed by atoms with van der Waals surface area (Å²) in [5.74, 6) is -0.194. The van der Waals surface area contributed by atoms with E-state index < -0.39 is 0 Å². The largest absolute Gasteiger partial charge is 0.392 e. The summed E-state index contributed by atoms with van der Waals surface area (Å²) < 4.78 is 0. The number of benzene rings is 1. The van der Waals surface area contributed by atoms with E-state index in [1.807, 2.05) is 0 Å². The van der Waals surface area contributed by atoms with E-state index in [0.717, 1.165) is 5.01 Å². The SMILES string of the molecule is CC(=O)N(C)N=Nc1ccccc1CO. The maximum Gasteiger partial charge on any atom is 0.240 e. The Morgan fingerprint density at radius 3 is 2.73 bits per heavy atom. The van der Waals surface area contributed by atoms with Gasteiger partial charge in [-0.1, -0.05) is 23.4 Å². The number of hydrogen-bond acceptors (Lipinski definition) is 4. The number of aliphatic hydroxyl groups is 1. The van der Waals surface area contributed by atoms with E-state index in [4.69, 9.17) is 5.11 Å². The lowest BCUT2D eigenvalue weighted by Gasteiger charge is -2.05. The van der Waals surface area contributed by atoms with Gasteiger partial charge in [0.05, 0.1) is 12.3 Å². The molecule has 0 aliphatic rings. The lowest BCUT2D eigenvalue weighted by Crippen LogP contribution is -2.15. The minimum atomic E-state index is -0.194. The molecule has 0 aliphatic heterocycles. The fourth-order valence-corrected chi connectivity index (χ4v) is 0.920. The molecular formula is C10H13N3O2. The van der Waals surface area contributed by atoms with Crippen LogP contribution in [0.4, 0.5) is 5.69 Å². The molecule has 5 heteroatoms. The third kappa shape index (κ3) is 3.14. The second-order valence-electron chi connectivity index (χ2n) is 3.02. The van der Waals surface area contributed by atoms with Gasteiger partial charge in [-0.3, -0.25) is 4.79 Å². The van der Waals surface area contributed by atoms with Gasteiger partial charge in [0.25, 0.3) is 0 Å². The second kappa shape index (κ2) is 5.21. The molecule has 1 aromatic carbocycles. The fourth-order valence-electron chi connectivity index (χ4n) is 0.920. The number of nitrogens with zero attached hydrogens (tertiary/aromatic N) is 3. The van der Waals surface area contributed by atoms with E-state index in [9.17, 15) is 4.79 Å². The van der Waals surface area contributed by atoms with Crippen LogP contribution in [0.5, 0.6) is 0 Å². The summed E-state index contributed by atoms with van der Waals surface area (Å²) in [6, 6.07) is 7.08. The number of carbonyl (C=O) groups is 1. The Labute approximate surface area is 88.0 Å². The first-order valence-corrected chi connectivity index (χ1v) is 4.50. The van der Waals surface area contributed by atoms with E-state index in [1.165, 1.54) is 14.0 Å². The zero-order chi connectivity index (χ0) is 11.3. The number of aliphatic hydroxyl groups excluding tert-OH is 1. The van der Waals surface area contributed by atoms with E-state index >= 15 is 0 Å². The van der Waals surface area contributed by atoms with Crippen molar-refractivity contribution in [3.05, 3.63) is 29.8 Å². The van der Waals surface area contributed by atoms with Gasteiger partial charge in [0.15, 0.2) is 0 Å². The Kier molecular flexibility index (Phi) is 3.93. The van der Waals surface area contributed by atoms with Crippen molar-refractivity contribution in [2.24, 2.45) is 10.3 Å². The minimum Gasteiger partial charge on any atom is -0.392 e. The third-order valence-electron chi connectivity index (χ3n) is 1.90. The van der Waals surface area contributed by atoms with E-state index in [0.29, 0.717) is 11.3 Å². The minimum absolute atomic E-state index is 0.0982. The molecule has 0 bridgehead atoms. The Bertz CT molecular complexity index is 377. The van der Waals surface area contributed by atoms with E-state index in [-0.39, 0.29) is 12.5 Å². The molecule has 1 rings (SSSR count). The van der Waals surface area contributed by atoms with Gasteiger partial charge in [0.2, 0.25) is 5.91 Å². The Hall–Kier alpha value is -1.75. The third-order valence-corrected chi connectivity index (χ3v) is 1.90. The van der Waals surface area contributed by atoms with Crippen LogP contribution in [0.3, 0.4) is 0 Å². The standard InChI is InChI=1S/C10H13N3O2/c1-8(15)13(2)12-11-10-6-4-3-5-9(10)7-14/h3-6,14H,7H2,1-2H3. The van der Waals surface area contributed by atoms with Gasteiger partial charge in [-0.25, -0.2) is 5.01 Å². The summed E-state index contributed by atoms with van der Waals surface area (Å²) in [6.45, 7) is 1.30. The van der Waals surface area contributed by atoms with Crippen LogP contribution in [0.2, 0.25) is 0 Å². The first kappa shape index (κ1) is 11.3. The summed E-state index contributed by atoms with van der Waals surface area (Å²) in [6.07, 6.45) is 0. The van der Waals surface area contributed by atoms with Crippen molar-refractivity contribution in [3.8, 4) is 0 Å². The van der Waals surface area contributed by atoms with Crippen LogP contribution in [0.1, 0.15) is 12.5 Å². The number of rotatable bonds is 3. The molecule has 0 unspecified atom stereocenters. The van der Waals surface area contributed by atoms with Crippen molar-refractivity contribution >= 4 is 11.6 Å². The highest BCUT2D eigenvalue weighted by Gasteiger charge is 2.01. The zero-order valence-electron chi connectivity index (χ0n) is 8.71. The van der Waals surface area contributed by atoms with Crippen molar-refractivity contribution in [3.63, 3.8) is 0 Å². The van der Waals surface area contributed by atoms with Crippen molar-refractivity contribution in [1.29, 1.82) is 0 Å². The van der Waals surface area contributed by atoms with Gasteiger partial charge in [-0.05, 0) is 6.07 Å². The monoisotopic (exact) mass is 207 g/mol. The van der Waals surface area contributed by atoms with Crippen LogP contribution < -0.4 is 0 Å². The van der Waals surface area contributed by atoms with Crippen molar-refractivity contribution in [2.45, 2.75) is 13.5 Å². The highest BCUT2D eigenvalue weighted by Crippen LogP contribution is 2.18. The molecule has 0 fully saturated rings. The first-order chi connectivity index (χ1) is 7.15. The summed E-state index contributed by atoms with van der Waals surface area (Å²) in [5, 5.41) is 17.7. The van der Waals surface area contributed by atoms with Gasteiger partial charge in [-0.15, -0.1) is 5.11 Å². The maximum absolute atomic E-state index is 10.8. The topological polar surface area (TPSA) is 65.3 Å². The molecule has 1 aromatic rings. The summed E-state index contributed by atoms with van der Waals surface area (Å²) in [5.41, 5.74) is 1.24. The van der Waals surface area contributed by atoms with Crippen LogP contribution in [0.15, 0.2) is 34.6 Å². The molecule has 0 saturated carbocycles. The fraction of sp³-hybridized carbons (Fsp3) is 0.300. The molecule has 80 valence electrons. The molecule has 1 N–H and O–H groups in total. The van der Waals surface area contributed by atoms with E-state index in [2.05, 4.69) is 10.3 Å². The highest BCUT2D eigenvalue weighted by atomic mass is 16.3. The molecule has 0 heterocycles. The van der Waals surface area contributed by atoms with Crippen molar-refractivity contribution < 1.29 is 9.90 Å². The van der Waals surface area contributed by atoms with E-state index in [1.54, 1.807) is 24.3 Å². The number of amides is 1. The van der Waals surface area contributed by atoms with Crippen LogP contribution in [-0.2, 0) is 11.4 Å². The van der Waals surface area contributed by atoms with Crippen LogP contribution in [0.25, 0.3) is 0 Å².